The van der Waals surface area contributed by atoms with Gasteiger partial charge in [0, 0.05) is 12.6 Å². The topological polar surface area (TPSA) is 50.8 Å². The summed E-state index contributed by atoms with van der Waals surface area (Å²) in [4.78, 5) is 4.12. The molecule has 1 heterocycles. The van der Waals surface area contributed by atoms with Gasteiger partial charge in [0.05, 0.1) is 42.0 Å². The molecule has 1 atom stereocenters. The van der Waals surface area contributed by atoms with Crippen molar-refractivity contribution in [3.63, 3.8) is 0 Å². The van der Waals surface area contributed by atoms with E-state index in [2.05, 4.69) is 11.1 Å². The molecular formula is C27H21F4N3O. The molecule has 35 heavy (non-hydrogen) atoms. The molecule has 4 nitrogen and oxygen atoms in total. The second kappa shape index (κ2) is 9.72. The average molecular weight is 479 g/mol. The number of nitriles is 1. The van der Waals surface area contributed by atoms with Crippen molar-refractivity contribution in [3.05, 3.63) is 113 Å². The lowest BCUT2D eigenvalue weighted by molar-refractivity contribution is -0.139. The van der Waals surface area contributed by atoms with Crippen LogP contribution in [0, 0.1) is 24.1 Å². The SMILES string of the molecule is Cc1ccccc1-c1cc(C(OCc2ccc(F)cc2C(F)(F)F)c2cncn2C)ccc1C#N. The zero-order valence-electron chi connectivity index (χ0n) is 19.0. The molecule has 0 aliphatic carbocycles. The summed E-state index contributed by atoms with van der Waals surface area (Å²) in [7, 11) is 1.75. The van der Waals surface area contributed by atoms with Gasteiger partial charge in [-0.1, -0.05) is 36.4 Å². The summed E-state index contributed by atoms with van der Waals surface area (Å²) < 4.78 is 61.8. The number of hydrogen-bond acceptors (Lipinski definition) is 3. The molecule has 0 radical (unpaired) electrons. The van der Waals surface area contributed by atoms with Crippen LogP contribution in [0.1, 0.15) is 39.6 Å². The molecule has 0 bridgehead atoms. The lowest BCUT2D eigenvalue weighted by Crippen LogP contribution is -2.14. The van der Waals surface area contributed by atoms with E-state index in [1.807, 2.05) is 37.3 Å². The Bertz CT molecular complexity index is 1400. The first-order chi connectivity index (χ1) is 16.7. The van der Waals surface area contributed by atoms with Crippen LogP contribution in [0.15, 0.2) is 73.2 Å². The van der Waals surface area contributed by atoms with Gasteiger partial charge in [-0.3, -0.25) is 0 Å². The van der Waals surface area contributed by atoms with E-state index >= 15 is 0 Å². The average Bonchev–Trinajstić information content (AvgIpc) is 3.25. The highest BCUT2D eigenvalue weighted by atomic mass is 19.4. The van der Waals surface area contributed by atoms with Crippen LogP contribution in [0.25, 0.3) is 11.1 Å². The smallest absolute Gasteiger partial charge is 0.362 e. The maximum absolute atomic E-state index is 13.5. The van der Waals surface area contributed by atoms with Crippen molar-refractivity contribution in [2.75, 3.05) is 0 Å². The van der Waals surface area contributed by atoms with Gasteiger partial charge in [-0.25, -0.2) is 9.37 Å². The Morgan fingerprint density at radius 1 is 1.06 bits per heavy atom. The fourth-order valence-electron chi connectivity index (χ4n) is 4.00. The number of aromatic nitrogens is 2. The number of hydrogen-bond donors (Lipinski definition) is 0. The zero-order valence-corrected chi connectivity index (χ0v) is 19.0. The lowest BCUT2D eigenvalue weighted by atomic mass is 9.93. The van der Waals surface area contributed by atoms with Crippen LogP contribution in [0.5, 0.6) is 0 Å². The van der Waals surface area contributed by atoms with Crippen LogP contribution >= 0.6 is 0 Å². The monoisotopic (exact) mass is 479 g/mol. The minimum Gasteiger partial charge on any atom is -0.362 e. The molecule has 0 saturated heterocycles. The van der Waals surface area contributed by atoms with Crippen LogP contribution in [0.4, 0.5) is 17.6 Å². The molecule has 4 aromatic rings. The van der Waals surface area contributed by atoms with E-state index in [0.29, 0.717) is 28.5 Å². The molecule has 0 spiro atoms. The van der Waals surface area contributed by atoms with E-state index in [-0.39, 0.29) is 5.56 Å². The van der Waals surface area contributed by atoms with Gasteiger partial charge in [-0.2, -0.15) is 18.4 Å². The van der Waals surface area contributed by atoms with Crippen LogP contribution < -0.4 is 0 Å². The number of benzene rings is 3. The predicted octanol–water partition coefficient (Wildman–Crippen LogP) is 6.73. The first-order valence-corrected chi connectivity index (χ1v) is 10.7. The van der Waals surface area contributed by atoms with Crippen molar-refractivity contribution in [1.82, 2.24) is 9.55 Å². The summed E-state index contributed by atoms with van der Waals surface area (Å²) in [6, 6.07) is 17.5. The molecule has 178 valence electrons. The Morgan fingerprint density at radius 3 is 2.49 bits per heavy atom. The molecule has 0 aliphatic heterocycles. The molecule has 0 aliphatic rings. The number of ether oxygens (including phenoxy) is 1. The molecule has 1 unspecified atom stereocenters. The molecule has 0 amide bonds. The third-order valence-electron chi connectivity index (χ3n) is 5.81. The highest BCUT2D eigenvalue weighted by Crippen LogP contribution is 2.36. The summed E-state index contributed by atoms with van der Waals surface area (Å²) in [5, 5.41) is 9.68. The minimum atomic E-state index is -4.73. The molecular weight excluding hydrogens is 458 g/mol. The van der Waals surface area contributed by atoms with Gasteiger partial charge < -0.3 is 9.30 Å². The fourth-order valence-corrected chi connectivity index (χ4v) is 4.00. The summed E-state index contributed by atoms with van der Waals surface area (Å²) in [5.41, 5.74) is 2.98. The van der Waals surface area contributed by atoms with Gasteiger partial charge in [0.1, 0.15) is 11.9 Å². The second-order valence-electron chi connectivity index (χ2n) is 8.15. The molecule has 0 fully saturated rings. The lowest BCUT2D eigenvalue weighted by Gasteiger charge is -2.22. The van der Waals surface area contributed by atoms with E-state index in [1.165, 1.54) is 0 Å². The molecule has 1 aromatic heterocycles. The maximum Gasteiger partial charge on any atom is 0.416 e. The maximum atomic E-state index is 13.5. The number of alkyl halides is 3. The Hall–Kier alpha value is -3.96. The van der Waals surface area contributed by atoms with Crippen molar-refractivity contribution < 1.29 is 22.3 Å². The van der Waals surface area contributed by atoms with Gasteiger partial charge in [-0.15, -0.1) is 0 Å². The summed E-state index contributed by atoms with van der Waals surface area (Å²) >= 11 is 0. The molecule has 0 saturated carbocycles. The fraction of sp³-hybridized carbons (Fsp3) is 0.185. The van der Waals surface area contributed by atoms with Crippen LogP contribution in [0.2, 0.25) is 0 Å². The minimum absolute atomic E-state index is 0.182. The molecule has 0 N–H and O–H groups in total. The molecule has 4 rings (SSSR count). The van der Waals surface area contributed by atoms with Gasteiger partial charge in [-0.05, 0) is 53.4 Å². The van der Waals surface area contributed by atoms with Gasteiger partial charge in [0.15, 0.2) is 0 Å². The van der Waals surface area contributed by atoms with E-state index in [1.54, 1.807) is 36.3 Å². The van der Waals surface area contributed by atoms with E-state index < -0.39 is 30.3 Å². The van der Waals surface area contributed by atoms with Gasteiger partial charge in [0.25, 0.3) is 0 Å². The number of aryl methyl sites for hydroxylation is 2. The van der Waals surface area contributed by atoms with Gasteiger partial charge >= 0.3 is 6.18 Å². The number of halogens is 4. The van der Waals surface area contributed by atoms with Gasteiger partial charge in [0.2, 0.25) is 0 Å². The molecule has 8 heteroatoms. The van der Waals surface area contributed by atoms with Crippen LogP contribution in [-0.4, -0.2) is 9.55 Å². The second-order valence-corrected chi connectivity index (χ2v) is 8.15. The quantitative estimate of drug-likeness (QED) is 0.288. The van der Waals surface area contributed by atoms with Crippen LogP contribution in [0.3, 0.4) is 0 Å². The van der Waals surface area contributed by atoms with E-state index in [4.69, 9.17) is 4.74 Å². The Balaban J connectivity index is 1.78. The number of imidazole rings is 1. The first-order valence-electron chi connectivity index (χ1n) is 10.7. The zero-order chi connectivity index (χ0) is 25.2. The first kappa shape index (κ1) is 24.2. The van der Waals surface area contributed by atoms with E-state index in [0.717, 1.165) is 23.3 Å². The summed E-state index contributed by atoms with van der Waals surface area (Å²) in [6.45, 7) is 1.52. The number of nitrogens with zero attached hydrogens (tertiary/aromatic N) is 3. The summed E-state index contributed by atoms with van der Waals surface area (Å²) in [6.07, 6.45) is -2.37. The standard InChI is InChI=1S/C27H21F4N3O/c1-17-5-3-4-6-22(17)23-11-18(7-8-19(23)13-32)26(25-14-33-16-34(25)2)35-15-20-9-10-21(28)12-24(20)27(29,30)31/h3-12,14,16,26H,15H2,1-2H3. The predicted molar refractivity (Wildman–Crippen MR) is 123 cm³/mol. The Kier molecular flexibility index (Phi) is 6.72. The number of rotatable bonds is 6. The highest BCUT2D eigenvalue weighted by molar-refractivity contribution is 5.74. The normalized spacial score (nSPS) is 12.4. The third-order valence-corrected chi connectivity index (χ3v) is 5.81. The molecule has 3 aromatic carbocycles. The largest absolute Gasteiger partial charge is 0.416 e. The van der Waals surface area contributed by atoms with Crippen molar-refractivity contribution in [2.24, 2.45) is 7.05 Å². The van der Waals surface area contributed by atoms with Crippen molar-refractivity contribution in [1.29, 1.82) is 5.26 Å². The van der Waals surface area contributed by atoms with Crippen molar-refractivity contribution >= 4 is 0 Å². The van der Waals surface area contributed by atoms with Crippen molar-refractivity contribution in [3.8, 4) is 17.2 Å². The van der Waals surface area contributed by atoms with E-state index in [9.17, 15) is 22.8 Å². The third kappa shape index (κ3) is 5.10. The highest BCUT2D eigenvalue weighted by Gasteiger charge is 2.34. The Labute approximate surface area is 200 Å². The van der Waals surface area contributed by atoms with Crippen molar-refractivity contribution in [2.45, 2.75) is 25.8 Å². The summed E-state index contributed by atoms with van der Waals surface area (Å²) in [5.74, 6) is -0.973. The Morgan fingerprint density at radius 2 is 1.83 bits per heavy atom. The van der Waals surface area contributed by atoms with Crippen LogP contribution in [-0.2, 0) is 24.6 Å².